The van der Waals surface area contributed by atoms with E-state index in [1.54, 1.807) is 11.6 Å². The van der Waals surface area contributed by atoms with E-state index in [2.05, 4.69) is 5.10 Å². The number of ether oxygens (including phenoxy) is 1. The van der Waals surface area contributed by atoms with E-state index in [4.69, 9.17) is 16.3 Å². The highest BCUT2D eigenvalue weighted by molar-refractivity contribution is 6.32. The van der Waals surface area contributed by atoms with Crippen LogP contribution in [0.1, 0.15) is 60.6 Å². The maximum absolute atomic E-state index is 12.6. The van der Waals surface area contributed by atoms with Crippen LogP contribution in [0.4, 0.5) is 0 Å². The van der Waals surface area contributed by atoms with Gasteiger partial charge in [0.25, 0.3) is 5.91 Å². The van der Waals surface area contributed by atoms with Gasteiger partial charge in [-0.3, -0.25) is 4.79 Å². The van der Waals surface area contributed by atoms with Crippen molar-refractivity contribution in [2.45, 2.75) is 58.5 Å². The number of benzene rings is 1. The molecule has 1 aromatic heterocycles. The second-order valence-electron chi connectivity index (χ2n) is 7.44. The Labute approximate surface area is 176 Å². The topological polar surface area (TPSA) is 64.4 Å². The number of aryl methyl sites for hydroxylation is 1. The van der Waals surface area contributed by atoms with Crippen molar-refractivity contribution >= 4 is 23.5 Å². The van der Waals surface area contributed by atoms with Gasteiger partial charge in [0.2, 0.25) is 0 Å². The largest absolute Gasteiger partial charge is 0.452 e. The number of aromatic nitrogens is 2. The van der Waals surface area contributed by atoms with Crippen molar-refractivity contribution in [3.8, 4) is 0 Å². The summed E-state index contributed by atoms with van der Waals surface area (Å²) < 4.78 is 6.90. The number of carbonyl (C=O) groups is 2. The summed E-state index contributed by atoms with van der Waals surface area (Å²) in [6.45, 7) is 4.48. The Kier molecular flexibility index (Phi) is 7.31. The van der Waals surface area contributed by atoms with E-state index in [0.29, 0.717) is 18.8 Å². The van der Waals surface area contributed by atoms with Crippen molar-refractivity contribution in [2.24, 2.45) is 0 Å². The summed E-state index contributed by atoms with van der Waals surface area (Å²) in [5, 5.41) is 4.59. The zero-order valence-electron chi connectivity index (χ0n) is 17.1. The molecular weight excluding hydrogens is 390 g/mol. The molecule has 29 heavy (non-hydrogen) atoms. The maximum atomic E-state index is 12.6. The van der Waals surface area contributed by atoms with E-state index in [-0.39, 0.29) is 29.3 Å². The van der Waals surface area contributed by atoms with Crippen molar-refractivity contribution in [1.29, 1.82) is 0 Å². The van der Waals surface area contributed by atoms with Crippen LogP contribution in [0.5, 0.6) is 0 Å². The molecule has 0 spiro atoms. The molecule has 1 amide bonds. The number of hydrogen-bond acceptors (Lipinski definition) is 4. The summed E-state index contributed by atoms with van der Waals surface area (Å²) in [5.41, 5.74) is 1.73. The van der Waals surface area contributed by atoms with E-state index in [1.165, 1.54) is 6.42 Å². The predicted octanol–water partition coefficient (Wildman–Crippen LogP) is 4.23. The lowest BCUT2D eigenvalue weighted by Crippen LogP contribution is -2.43. The quantitative estimate of drug-likeness (QED) is 0.632. The average molecular weight is 418 g/mol. The minimum Gasteiger partial charge on any atom is -0.452 e. The van der Waals surface area contributed by atoms with Gasteiger partial charge in [0.1, 0.15) is 10.7 Å². The summed E-state index contributed by atoms with van der Waals surface area (Å²) in [6.07, 6.45) is 5.55. The van der Waals surface area contributed by atoms with Gasteiger partial charge in [0, 0.05) is 12.6 Å². The molecule has 0 atom stereocenters. The molecule has 6 nitrogen and oxygen atoms in total. The number of hydrogen-bond donors (Lipinski definition) is 0. The van der Waals surface area contributed by atoms with E-state index in [9.17, 15) is 9.59 Å². The smallest absolute Gasteiger partial charge is 0.343 e. The highest BCUT2D eigenvalue weighted by Gasteiger charge is 2.27. The van der Waals surface area contributed by atoms with Crippen LogP contribution in [0.25, 0.3) is 0 Å². The molecule has 2 aromatic rings. The zero-order chi connectivity index (χ0) is 20.8. The normalized spacial score (nSPS) is 14.6. The standard InChI is InChI=1S/C22H28ClN3O3/c1-3-25(18-12-8-5-9-13-18)19(27)15-29-22(28)20-16(2)24-26(21(20)23)14-17-10-6-4-7-11-17/h4,6-7,10-11,18H,3,5,8-9,12-15H2,1-2H3. The van der Waals surface area contributed by atoms with Crippen LogP contribution in [-0.2, 0) is 16.1 Å². The van der Waals surface area contributed by atoms with Crippen LogP contribution in [0.15, 0.2) is 30.3 Å². The lowest BCUT2D eigenvalue weighted by atomic mass is 9.94. The molecule has 0 N–H and O–H groups in total. The monoisotopic (exact) mass is 417 g/mol. The Bertz CT molecular complexity index is 844. The van der Waals surface area contributed by atoms with Crippen LogP contribution >= 0.6 is 11.6 Å². The van der Waals surface area contributed by atoms with E-state index < -0.39 is 5.97 Å². The van der Waals surface area contributed by atoms with Crippen LogP contribution in [0, 0.1) is 6.92 Å². The van der Waals surface area contributed by atoms with Gasteiger partial charge in [-0.05, 0) is 32.3 Å². The van der Waals surface area contributed by atoms with Crippen LogP contribution < -0.4 is 0 Å². The predicted molar refractivity (Wildman–Crippen MR) is 112 cm³/mol. The molecule has 1 aromatic carbocycles. The summed E-state index contributed by atoms with van der Waals surface area (Å²) in [4.78, 5) is 27.1. The molecule has 3 rings (SSSR count). The number of likely N-dealkylation sites (N-methyl/N-ethyl adjacent to an activating group) is 1. The van der Waals surface area contributed by atoms with Crippen molar-refractivity contribution in [3.05, 3.63) is 52.3 Å². The van der Waals surface area contributed by atoms with E-state index in [0.717, 1.165) is 31.2 Å². The van der Waals surface area contributed by atoms with Crippen molar-refractivity contribution in [1.82, 2.24) is 14.7 Å². The summed E-state index contributed by atoms with van der Waals surface area (Å²) in [6, 6.07) is 9.99. The van der Waals surface area contributed by atoms with Crippen LogP contribution in [-0.4, -0.2) is 45.8 Å². The minimum absolute atomic E-state index is 0.154. The SMILES string of the molecule is CCN(C(=O)COC(=O)c1c(C)nn(Cc2ccccc2)c1Cl)C1CCCCC1. The number of rotatable bonds is 7. The number of amides is 1. The Hall–Kier alpha value is -2.34. The van der Waals surface area contributed by atoms with Gasteiger partial charge < -0.3 is 9.64 Å². The van der Waals surface area contributed by atoms with Crippen molar-refractivity contribution in [3.63, 3.8) is 0 Å². The van der Waals surface area contributed by atoms with Crippen LogP contribution in [0.2, 0.25) is 5.15 Å². The Morgan fingerprint density at radius 3 is 2.55 bits per heavy atom. The molecule has 0 bridgehead atoms. The number of esters is 1. The van der Waals surface area contributed by atoms with Gasteiger partial charge in [0.15, 0.2) is 6.61 Å². The number of halogens is 1. The van der Waals surface area contributed by atoms with E-state index >= 15 is 0 Å². The lowest BCUT2D eigenvalue weighted by molar-refractivity contribution is -0.137. The van der Waals surface area contributed by atoms with Gasteiger partial charge in [-0.1, -0.05) is 61.2 Å². The fourth-order valence-electron chi connectivity index (χ4n) is 3.96. The molecule has 1 aliphatic rings. The molecule has 0 saturated heterocycles. The van der Waals surface area contributed by atoms with Gasteiger partial charge in [-0.25, -0.2) is 9.48 Å². The van der Waals surface area contributed by atoms with Gasteiger partial charge in [-0.15, -0.1) is 0 Å². The molecule has 0 unspecified atom stereocenters. The van der Waals surface area contributed by atoms with E-state index in [1.807, 2.05) is 42.2 Å². The average Bonchev–Trinajstić information content (AvgIpc) is 3.01. The van der Waals surface area contributed by atoms with Gasteiger partial charge in [0.05, 0.1) is 12.2 Å². The second kappa shape index (κ2) is 9.92. The highest BCUT2D eigenvalue weighted by Crippen LogP contribution is 2.24. The zero-order valence-corrected chi connectivity index (χ0v) is 17.8. The number of nitrogens with zero attached hydrogens (tertiary/aromatic N) is 3. The molecule has 1 fully saturated rings. The molecule has 0 radical (unpaired) electrons. The molecule has 0 aliphatic heterocycles. The first-order valence-electron chi connectivity index (χ1n) is 10.2. The fraction of sp³-hybridized carbons (Fsp3) is 0.500. The third-order valence-corrected chi connectivity index (χ3v) is 5.83. The van der Waals surface area contributed by atoms with Gasteiger partial charge in [-0.2, -0.15) is 5.10 Å². The first-order chi connectivity index (χ1) is 14.0. The summed E-state index contributed by atoms with van der Waals surface area (Å²) in [5.74, 6) is -0.766. The molecule has 156 valence electrons. The third-order valence-electron chi connectivity index (χ3n) is 5.45. The third kappa shape index (κ3) is 5.18. The van der Waals surface area contributed by atoms with Crippen molar-refractivity contribution in [2.75, 3.05) is 13.2 Å². The van der Waals surface area contributed by atoms with Gasteiger partial charge >= 0.3 is 5.97 Å². The Morgan fingerprint density at radius 2 is 1.90 bits per heavy atom. The summed E-state index contributed by atoms with van der Waals surface area (Å²) >= 11 is 6.41. The molecule has 1 saturated carbocycles. The van der Waals surface area contributed by atoms with Crippen LogP contribution in [0.3, 0.4) is 0 Å². The summed E-state index contributed by atoms with van der Waals surface area (Å²) in [7, 11) is 0. The fourth-order valence-corrected chi connectivity index (χ4v) is 4.27. The minimum atomic E-state index is -0.611. The molecule has 1 heterocycles. The maximum Gasteiger partial charge on any atom is 0.343 e. The first kappa shape index (κ1) is 21.4. The first-order valence-corrected chi connectivity index (χ1v) is 10.6. The molecule has 1 aliphatic carbocycles. The lowest BCUT2D eigenvalue weighted by Gasteiger charge is -2.33. The highest BCUT2D eigenvalue weighted by atomic mass is 35.5. The molecular formula is C22H28ClN3O3. The van der Waals surface area contributed by atoms with Crippen molar-refractivity contribution < 1.29 is 14.3 Å². The number of carbonyl (C=O) groups excluding carboxylic acids is 2. The Balaban J connectivity index is 1.63. The Morgan fingerprint density at radius 1 is 1.21 bits per heavy atom. The molecule has 7 heteroatoms. The second-order valence-corrected chi connectivity index (χ2v) is 7.80.